The van der Waals surface area contributed by atoms with Crippen molar-refractivity contribution in [2.75, 3.05) is 19.6 Å². The highest BCUT2D eigenvalue weighted by Crippen LogP contribution is 2.34. The van der Waals surface area contributed by atoms with Gasteiger partial charge in [0.15, 0.2) is 0 Å². The van der Waals surface area contributed by atoms with Crippen molar-refractivity contribution in [1.29, 1.82) is 0 Å². The third-order valence-corrected chi connectivity index (χ3v) is 3.80. The van der Waals surface area contributed by atoms with E-state index in [9.17, 15) is 18.3 Å². The molecule has 0 aromatic heterocycles. The van der Waals surface area contributed by atoms with Crippen LogP contribution in [0.25, 0.3) is 0 Å². The fraction of sp³-hybridized carbons (Fsp3) is 1.00. The van der Waals surface area contributed by atoms with E-state index >= 15 is 0 Å². The highest BCUT2D eigenvalue weighted by atomic mass is 19.4. The zero-order valence-electron chi connectivity index (χ0n) is 10.5. The topological polar surface area (TPSA) is 23.5 Å². The molecule has 102 valence electrons. The van der Waals surface area contributed by atoms with Gasteiger partial charge in [0.05, 0.1) is 12.0 Å². The number of piperidine rings is 1. The van der Waals surface area contributed by atoms with E-state index in [0.29, 0.717) is 19.6 Å². The van der Waals surface area contributed by atoms with Gasteiger partial charge in [-0.3, -0.25) is 0 Å². The van der Waals surface area contributed by atoms with Crippen LogP contribution in [0.1, 0.15) is 33.1 Å². The van der Waals surface area contributed by atoms with Crippen molar-refractivity contribution >= 4 is 0 Å². The van der Waals surface area contributed by atoms with E-state index < -0.39 is 18.2 Å². The Labute approximate surface area is 101 Å². The Morgan fingerprint density at radius 1 is 1.29 bits per heavy atom. The van der Waals surface area contributed by atoms with Crippen LogP contribution in [-0.2, 0) is 0 Å². The van der Waals surface area contributed by atoms with Crippen LogP contribution in [0.15, 0.2) is 0 Å². The first-order chi connectivity index (χ1) is 7.84. The molecule has 0 aliphatic carbocycles. The average Bonchev–Trinajstić information content (AvgIpc) is 2.27. The number of halogens is 3. The molecule has 1 N–H and O–H groups in total. The lowest BCUT2D eigenvalue weighted by Gasteiger charge is -2.34. The molecule has 2 unspecified atom stereocenters. The van der Waals surface area contributed by atoms with E-state index in [-0.39, 0.29) is 18.8 Å². The summed E-state index contributed by atoms with van der Waals surface area (Å²) in [7, 11) is 0. The van der Waals surface area contributed by atoms with Gasteiger partial charge in [-0.2, -0.15) is 13.2 Å². The fourth-order valence-electron chi connectivity index (χ4n) is 2.16. The van der Waals surface area contributed by atoms with E-state index in [1.807, 2.05) is 18.7 Å². The van der Waals surface area contributed by atoms with E-state index in [2.05, 4.69) is 0 Å². The van der Waals surface area contributed by atoms with Crippen LogP contribution in [0, 0.1) is 11.8 Å². The van der Waals surface area contributed by atoms with Crippen molar-refractivity contribution in [2.45, 2.75) is 45.4 Å². The van der Waals surface area contributed by atoms with Crippen LogP contribution < -0.4 is 0 Å². The van der Waals surface area contributed by atoms with Crippen LogP contribution in [-0.4, -0.2) is 41.9 Å². The highest BCUT2D eigenvalue weighted by Gasteiger charge is 2.41. The van der Waals surface area contributed by atoms with Gasteiger partial charge in [0.1, 0.15) is 0 Å². The Hall–Kier alpha value is -0.290. The van der Waals surface area contributed by atoms with Gasteiger partial charge in [-0.1, -0.05) is 20.3 Å². The average molecular weight is 253 g/mol. The van der Waals surface area contributed by atoms with E-state index in [4.69, 9.17) is 0 Å². The van der Waals surface area contributed by atoms with Gasteiger partial charge < -0.3 is 10.0 Å². The summed E-state index contributed by atoms with van der Waals surface area (Å²) in [6.07, 6.45) is -3.27. The minimum atomic E-state index is -4.05. The number of nitrogens with zero attached hydrogens (tertiary/aromatic N) is 1. The first-order valence-corrected chi connectivity index (χ1v) is 6.31. The number of hydrogen-bond acceptors (Lipinski definition) is 2. The third kappa shape index (κ3) is 4.47. The Bertz CT molecular complexity index is 224. The SMILES string of the molecule is CCC(C)C(O)CN1CCC(C(F)(F)F)CC1. The Morgan fingerprint density at radius 2 is 1.82 bits per heavy atom. The molecular weight excluding hydrogens is 231 g/mol. The zero-order chi connectivity index (χ0) is 13.1. The summed E-state index contributed by atoms with van der Waals surface area (Å²) in [4.78, 5) is 1.94. The number of likely N-dealkylation sites (tertiary alicyclic amines) is 1. The smallest absolute Gasteiger partial charge is 0.391 e. The van der Waals surface area contributed by atoms with E-state index in [1.165, 1.54) is 0 Å². The molecule has 0 spiro atoms. The number of β-amino-alcohol motifs (C(OH)–C–C–N with tert-alkyl or cyclic N) is 1. The molecular formula is C12H22F3NO. The van der Waals surface area contributed by atoms with Gasteiger partial charge in [-0.05, 0) is 31.8 Å². The van der Waals surface area contributed by atoms with Gasteiger partial charge in [0.2, 0.25) is 0 Å². The van der Waals surface area contributed by atoms with Crippen molar-refractivity contribution in [3.8, 4) is 0 Å². The fourth-order valence-corrected chi connectivity index (χ4v) is 2.16. The van der Waals surface area contributed by atoms with E-state index in [1.54, 1.807) is 0 Å². The first kappa shape index (κ1) is 14.8. The second-order valence-corrected chi connectivity index (χ2v) is 5.07. The molecule has 2 nitrogen and oxygen atoms in total. The van der Waals surface area contributed by atoms with Crippen molar-refractivity contribution in [2.24, 2.45) is 11.8 Å². The maximum atomic E-state index is 12.4. The maximum absolute atomic E-state index is 12.4. The van der Waals surface area contributed by atoms with Crippen LogP contribution in [0.5, 0.6) is 0 Å². The van der Waals surface area contributed by atoms with Crippen molar-refractivity contribution < 1.29 is 18.3 Å². The molecule has 0 radical (unpaired) electrons. The lowest BCUT2D eigenvalue weighted by Crippen LogP contribution is -2.43. The Balaban J connectivity index is 2.33. The van der Waals surface area contributed by atoms with Crippen LogP contribution >= 0.6 is 0 Å². The van der Waals surface area contributed by atoms with Crippen LogP contribution in [0.2, 0.25) is 0 Å². The highest BCUT2D eigenvalue weighted by molar-refractivity contribution is 4.79. The number of hydrogen-bond donors (Lipinski definition) is 1. The second-order valence-electron chi connectivity index (χ2n) is 5.07. The predicted molar refractivity (Wildman–Crippen MR) is 60.7 cm³/mol. The summed E-state index contributed by atoms with van der Waals surface area (Å²) in [5, 5.41) is 9.83. The van der Waals surface area contributed by atoms with Crippen LogP contribution in [0.3, 0.4) is 0 Å². The molecule has 1 saturated heterocycles. The molecule has 0 bridgehead atoms. The Morgan fingerprint density at radius 3 is 2.24 bits per heavy atom. The van der Waals surface area contributed by atoms with Gasteiger partial charge in [-0.15, -0.1) is 0 Å². The minimum Gasteiger partial charge on any atom is -0.392 e. The maximum Gasteiger partial charge on any atom is 0.391 e. The lowest BCUT2D eigenvalue weighted by molar-refractivity contribution is -0.185. The molecule has 1 fully saturated rings. The van der Waals surface area contributed by atoms with Crippen molar-refractivity contribution in [1.82, 2.24) is 4.90 Å². The number of aliphatic hydroxyl groups excluding tert-OH is 1. The number of alkyl halides is 3. The predicted octanol–water partition coefficient (Wildman–Crippen LogP) is 2.67. The van der Waals surface area contributed by atoms with Crippen molar-refractivity contribution in [3.05, 3.63) is 0 Å². The third-order valence-electron chi connectivity index (χ3n) is 3.80. The summed E-state index contributed by atoms with van der Waals surface area (Å²) in [6.45, 7) is 5.35. The van der Waals surface area contributed by atoms with E-state index in [0.717, 1.165) is 6.42 Å². The van der Waals surface area contributed by atoms with Crippen molar-refractivity contribution in [3.63, 3.8) is 0 Å². The summed E-state index contributed by atoms with van der Waals surface area (Å²) in [5.74, 6) is -0.949. The zero-order valence-corrected chi connectivity index (χ0v) is 10.5. The molecule has 0 aromatic carbocycles. The molecule has 0 amide bonds. The molecule has 0 saturated carbocycles. The number of rotatable bonds is 4. The molecule has 17 heavy (non-hydrogen) atoms. The molecule has 2 atom stereocenters. The van der Waals surface area contributed by atoms with Crippen LogP contribution in [0.4, 0.5) is 13.2 Å². The minimum absolute atomic E-state index is 0.163. The second kappa shape index (κ2) is 6.05. The summed E-state index contributed by atoms with van der Waals surface area (Å²) in [6, 6.07) is 0. The van der Waals surface area contributed by atoms with Gasteiger partial charge >= 0.3 is 6.18 Å². The van der Waals surface area contributed by atoms with Gasteiger partial charge in [-0.25, -0.2) is 0 Å². The summed E-state index contributed by atoms with van der Waals surface area (Å²) < 4.78 is 37.3. The normalized spacial score (nSPS) is 23.6. The largest absolute Gasteiger partial charge is 0.392 e. The molecule has 0 aromatic rings. The first-order valence-electron chi connectivity index (χ1n) is 6.31. The molecule has 5 heteroatoms. The summed E-state index contributed by atoms with van der Waals surface area (Å²) >= 11 is 0. The quantitative estimate of drug-likeness (QED) is 0.832. The monoisotopic (exact) mass is 253 g/mol. The van der Waals surface area contributed by atoms with Gasteiger partial charge in [0.25, 0.3) is 0 Å². The van der Waals surface area contributed by atoms with Gasteiger partial charge in [0, 0.05) is 6.54 Å². The lowest BCUT2D eigenvalue weighted by atomic mass is 9.95. The Kier molecular flexibility index (Phi) is 5.25. The molecule has 1 rings (SSSR count). The number of aliphatic hydroxyl groups is 1. The summed E-state index contributed by atoms with van der Waals surface area (Å²) in [5.41, 5.74) is 0. The molecule has 1 aliphatic rings. The molecule has 1 aliphatic heterocycles. The standard InChI is InChI=1S/C12H22F3NO/c1-3-9(2)11(17)8-16-6-4-10(5-7-16)12(13,14)15/h9-11,17H,3-8H2,1-2H3. The molecule has 1 heterocycles.